The number of aliphatic hydroxyl groups excluding tert-OH is 1. The van der Waals surface area contributed by atoms with Gasteiger partial charge in [0.15, 0.2) is 5.52 Å². The monoisotopic (exact) mass is 434 g/mol. The summed E-state index contributed by atoms with van der Waals surface area (Å²) in [6, 6.07) is 2.14. The maximum atomic E-state index is 8.78. The van der Waals surface area contributed by atoms with Crippen molar-refractivity contribution in [3.63, 3.8) is 0 Å². The van der Waals surface area contributed by atoms with Crippen LogP contribution in [0.5, 0.6) is 5.88 Å². The molecule has 0 aromatic carbocycles. The van der Waals surface area contributed by atoms with Crippen LogP contribution in [0.3, 0.4) is 0 Å². The molecule has 3 aromatic heterocycles. The molecule has 4 rings (SSSR count). The van der Waals surface area contributed by atoms with Crippen LogP contribution >= 0.6 is 11.6 Å². The summed E-state index contributed by atoms with van der Waals surface area (Å²) in [5.74, 6) is 1.45. The van der Waals surface area contributed by atoms with E-state index in [4.69, 9.17) is 31.9 Å². The average Bonchev–Trinajstić information content (AvgIpc) is 3.06. The molecule has 0 aliphatic carbocycles. The standard InChI is InChI=1S/C15H17ClN6O.C5H10O2/c1-7(2)22-8(3)19-13-11(22)5-10(20-14(13)23-4)12-9(16)6-18-15(17)21-12;6-5-2-1-3-7-4-5/h5-7H,1-4H3,(H2,17,18,21);5-6H,1-4H2. The van der Waals surface area contributed by atoms with Crippen molar-refractivity contribution in [1.29, 1.82) is 0 Å². The SMILES string of the molecule is COc1nc(-c2nc(N)ncc2Cl)cc2c1nc(C)n2C(C)C.OC1CCCOC1. The number of rotatable bonds is 3. The first kappa shape index (κ1) is 22.2. The van der Waals surface area contributed by atoms with Crippen molar-refractivity contribution in [2.75, 3.05) is 26.1 Å². The minimum atomic E-state index is -0.186. The molecule has 1 aliphatic rings. The molecule has 3 N–H and O–H groups in total. The van der Waals surface area contributed by atoms with Crippen LogP contribution in [0.2, 0.25) is 5.02 Å². The highest BCUT2D eigenvalue weighted by Crippen LogP contribution is 2.33. The Kier molecular flexibility index (Phi) is 7.06. The molecule has 162 valence electrons. The minimum absolute atomic E-state index is 0.138. The van der Waals surface area contributed by atoms with Crippen molar-refractivity contribution in [3.8, 4) is 17.3 Å². The van der Waals surface area contributed by atoms with E-state index in [1.807, 2.05) is 13.0 Å². The van der Waals surface area contributed by atoms with Crippen LogP contribution in [0.4, 0.5) is 5.95 Å². The topological polar surface area (TPSA) is 121 Å². The lowest BCUT2D eigenvalue weighted by Crippen LogP contribution is -2.21. The molecule has 0 saturated carbocycles. The number of hydrogen-bond donors (Lipinski definition) is 2. The number of nitrogens with zero attached hydrogens (tertiary/aromatic N) is 5. The van der Waals surface area contributed by atoms with Gasteiger partial charge in [-0.25, -0.2) is 19.9 Å². The molecule has 3 aromatic rings. The Bertz CT molecular complexity index is 1020. The van der Waals surface area contributed by atoms with Gasteiger partial charge >= 0.3 is 0 Å². The fraction of sp³-hybridized carbons (Fsp3) is 0.500. The molecule has 1 saturated heterocycles. The molecule has 0 bridgehead atoms. The number of halogens is 1. The second-order valence-corrected chi connectivity index (χ2v) is 7.71. The number of aryl methyl sites for hydroxylation is 1. The molecular weight excluding hydrogens is 408 g/mol. The number of imidazole rings is 1. The largest absolute Gasteiger partial charge is 0.479 e. The van der Waals surface area contributed by atoms with Gasteiger partial charge in [0.2, 0.25) is 11.8 Å². The van der Waals surface area contributed by atoms with E-state index >= 15 is 0 Å². The molecule has 10 heteroatoms. The normalized spacial score (nSPS) is 16.4. The zero-order valence-electron chi connectivity index (χ0n) is 17.6. The molecule has 1 atom stereocenters. The molecule has 0 amide bonds. The van der Waals surface area contributed by atoms with Crippen molar-refractivity contribution in [1.82, 2.24) is 24.5 Å². The van der Waals surface area contributed by atoms with E-state index < -0.39 is 0 Å². The van der Waals surface area contributed by atoms with Gasteiger partial charge in [-0.2, -0.15) is 0 Å². The highest BCUT2D eigenvalue weighted by Gasteiger charge is 2.19. The van der Waals surface area contributed by atoms with Crippen LogP contribution in [0.25, 0.3) is 22.4 Å². The van der Waals surface area contributed by atoms with Crippen molar-refractivity contribution in [2.24, 2.45) is 0 Å². The Balaban J connectivity index is 0.000000310. The lowest BCUT2D eigenvalue weighted by molar-refractivity contribution is -0.00535. The van der Waals surface area contributed by atoms with Gasteiger partial charge in [-0.3, -0.25) is 0 Å². The smallest absolute Gasteiger partial charge is 0.242 e. The number of anilines is 1. The summed E-state index contributed by atoms with van der Waals surface area (Å²) in [7, 11) is 1.56. The number of hydrogen-bond acceptors (Lipinski definition) is 8. The van der Waals surface area contributed by atoms with E-state index in [9.17, 15) is 0 Å². The molecule has 1 unspecified atom stereocenters. The first-order valence-corrected chi connectivity index (χ1v) is 10.2. The van der Waals surface area contributed by atoms with Crippen LogP contribution in [0.1, 0.15) is 38.6 Å². The van der Waals surface area contributed by atoms with Gasteiger partial charge in [-0.05, 0) is 39.7 Å². The number of fused-ring (bicyclic) bond motifs is 1. The number of methoxy groups -OCH3 is 1. The van der Waals surface area contributed by atoms with Crippen LogP contribution in [0.15, 0.2) is 12.3 Å². The summed E-state index contributed by atoms with van der Waals surface area (Å²) in [4.78, 5) is 17.1. The minimum Gasteiger partial charge on any atom is -0.479 e. The Morgan fingerprint density at radius 3 is 2.67 bits per heavy atom. The van der Waals surface area contributed by atoms with E-state index in [2.05, 4.69) is 38.4 Å². The maximum Gasteiger partial charge on any atom is 0.242 e. The number of ether oxygens (including phenoxy) is 2. The highest BCUT2D eigenvalue weighted by molar-refractivity contribution is 6.32. The van der Waals surface area contributed by atoms with E-state index in [-0.39, 0.29) is 18.1 Å². The lowest BCUT2D eigenvalue weighted by atomic mass is 10.2. The first-order chi connectivity index (χ1) is 14.3. The van der Waals surface area contributed by atoms with E-state index in [1.54, 1.807) is 7.11 Å². The fourth-order valence-electron chi connectivity index (χ4n) is 3.38. The number of nitrogens with two attached hydrogens (primary N) is 1. The van der Waals surface area contributed by atoms with E-state index in [0.717, 1.165) is 30.8 Å². The summed E-state index contributed by atoms with van der Waals surface area (Å²) in [6.07, 6.45) is 3.21. The van der Waals surface area contributed by atoms with Crippen LogP contribution < -0.4 is 10.5 Å². The quantitative estimate of drug-likeness (QED) is 0.644. The number of nitrogen functional groups attached to an aromatic ring is 1. The van der Waals surface area contributed by atoms with Gasteiger partial charge in [0.05, 0.1) is 42.3 Å². The van der Waals surface area contributed by atoms with Crippen molar-refractivity contribution in [2.45, 2.75) is 45.8 Å². The van der Waals surface area contributed by atoms with Gasteiger partial charge in [-0.1, -0.05) is 11.6 Å². The van der Waals surface area contributed by atoms with Crippen molar-refractivity contribution >= 4 is 28.6 Å². The summed E-state index contributed by atoms with van der Waals surface area (Å²) in [5.41, 5.74) is 8.32. The highest BCUT2D eigenvalue weighted by atomic mass is 35.5. The van der Waals surface area contributed by atoms with Crippen LogP contribution in [-0.2, 0) is 4.74 Å². The Labute approximate surface area is 180 Å². The third kappa shape index (κ3) is 4.80. The predicted molar refractivity (Wildman–Crippen MR) is 116 cm³/mol. The van der Waals surface area contributed by atoms with Gasteiger partial charge in [0, 0.05) is 12.6 Å². The van der Waals surface area contributed by atoms with E-state index in [1.165, 1.54) is 6.20 Å². The molecular formula is C20H27ClN6O3. The fourth-order valence-corrected chi connectivity index (χ4v) is 3.57. The second kappa shape index (κ2) is 9.55. The zero-order chi connectivity index (χ0) is 21.8. The number of aliphatic hydroxyl groups is 1. The third-order valence-electron chi connectivity index (χ3n) is 4.67. The molecule has 9 nitrogen and oxygen atoms in total. The van der Waals surface area contributed by atoms with Gasteiger partial charge in [0.1, 0.15) is 11.5 Å². The predicted octanol–water partition coefficient (Wildman–Crippen LogP) is 3.18. The number of pyridine rings is 1. The third-order valence-corrected chi connectivity index (χ3v) is 4.95. The molecule has 0 spiro atoms. The van der Waals surface area contributed by atoms with Crippen LogP contribution in [-0.4, -0.2) is 56.0 Å². The van der Waals surface area contributed by atoms with Gasteiger partial charge in [-0.15, -0.1) is 0 Å². The molecule has 1 fully saturated rings. The number of aromatic nitrogens is 5. The molecule has 30 heavy (non-hydrogen) atoms. The maximum absolute atomic E-state index is 8.78. The molecule has 0 radical (unpaired) electrons. The first-order valence-electron chi connectivity index (χ1n) is 9.79. The summed E-state index contributed by atoms with van der Waals surface area (Å²) in [5, 5.41) is 9.16. The average molecular weight is 435 g/mol. The van der Waals surface area contributed by atoms with E-state index in [0.29, 0.717) is 34.4 Å². The zero-order valence-corrected chi connectivity index (χ0v) is 18.3. The van der Waals surface area contributed by atoms with Crippen LogP contribution in [0, 0.1) is 6.92 Å². The Morgan fingerprint density at radius 2 is 2.10 bits per heavy atom. The van der Waals surface area contributed by atoms with Gasteiger partial charge in [0.25, 0.3) is 0 Å². The summed E-state index contributed by atoms with van der Waals surface area (Å²) in [6.45, 7) is 7.51. The molecule has 4 heterocycles. The lowest BCUT2D eigenvalue weighted by Gasteiger charge is -2.15. The summed E-state index contributed by atoms with van der Waals surface area (Å²) >= 11 is 6.20. The summed E-state index contributed by atoms with van der Waals surface area (Å²) < 4.78 is 12.4. The molecule has 1 aliphatic heterocycles. The van der Waals surface area contributed by atoms with Crippen molar-refractivity contribution in [3.05, 3.63) is 23.1 Å². The Morgan fingerprint density at radius 1 is 1.33 bits per heavy atom. The Hall–Kier alpha value is -2.49. The van der Waals surface area contributed by atoms with Crippen molar-refractivity contribution < 1.29 is 14.6 Å². The van der Waals surface area contributed by atoms with Gasteiger partial charge < -0.3 is 24.9 Å². The second-order valence-electron chi connectivity index (χ2n) is 7.30.